The minimum absolute atomic E-state index is 0. The third kappa shape index (κ3) is 2.04. The van der Waals surface area contributed by atoms with E-state index in [4.69, 9.17) is 0 Å². The summed E-state index contributed by atoms with van der Waals surface area (Å²) in [5.74, 6) is 0. The molecule has 1 fully saturated rings. The van der Waals surface area contributed by atoms with Gasteiger partial charge in [-0.05, 0) is 6.92 Å². The van der Waals surface area contributed by atoms with Gasteiger partial charge in [-0.15, -0.1) is 12.4 Å². The predicted octanol–water partition coefficient (Wildman–Crippen LogP) is 0.400. The Balaban J connectivity index is 0.000000160. The molecule has 0 amide bonds. The quantitative estimate of drug-likeness (QED) is 0.430. The van der Waals surface area contributed by atoms with Crippen LogP contribution in [0, 0.1) is 0 Å². The van der Waals surface area contributed by atoms with Crippen molar-refractivity contribution in [1.82, 2.24) is 5.32 Å². The highest BCUT2D eigenvalue weighted by Crippen LogP contribution is 1.88. The summed E-state index contributed by atoms with van der Waals surface area (Å²) in [5, 5.41) is 3.10. The van der Waals surface area contributed by atoms with Gasteiger partial charge < -0.3 is 5.32 Å². The third-order valence-corrected chi connectivity index (χ3v) is 0.612. The van der Waals surface area contributed by atoms with Crippen LogP contribution < -0.4 is 5.32 Å². The number of nitrogens with one attached hydrogen (secondary N) is 1. The Morgan fingerprint density at radius 3 is 2.00 bits per heavy atom. The Bertz CT molecular complexity index is 26.1. The molecule has 32 valence electrons. The van der Waals surface area contributed by atoms with Crippen LogP contribution in [0.2, 0.25) is 0 Å². The maximum Gasteiger partial charge on any atom is 0.0164 e. The molecule has 0 radical (unpaired) electrons. The summed E-state index contributed by atoms with van der Waals surface area (Å²) in [6.07, 6.45) is 0. The van der Waals surface area contributed by atoms with Crippen LogP contribution in [-0.4, -0.2) is 12.6 Å². The number of hydrogen-bond acceptors (Lipinski definition) is 1. The van der Waals surface area contributed by atoms with Crippen LogP contribution in [0.25, 0.3) is 0 Å². The molecule has 0 aromatic heterocycles. The number of halogens is 1. The fourth-order valence-electron chi connectivity index (χ4n) is 0.118. The smallest absolute Gasteiger partial charge is 0.0164 e. The largest absolute Gasteiger partial charge is 0.311 e. The van der Waals surface area contributed by atoms with Gasteiger partial charge in [0.25, 0.3) is 0 Å². The summed E-state index contributed by atoms with van der Waals surface area (Å²) in [4.78, 5) is 0. The molecule has 1 atom stereocenters. The lowest BCUT2D eigenvalue weighted by atomic mass is 10.6. The first kappa shape index (κ1) is 5.25. The van der Waals surface area contributed by atoms with Gasteiger partial charge in [0.2, 0.25) is 0 Å². The summed E-state index contributed by atoms with van der Waals surface area (Å²) in [6.45, 7) is 3.40. The maximum absolute atomic E-state index is 3.10. The van der Waals surface area contributed by atoms with Crippen molar-refractivity contribution < 1.29 is 0 Å². The summed E-state index contributed by atoms with van der Waals surface area (Å²) in [7, 11) is 0. The summed E-state index contributed by atoms with van der Waals surface area (Å²) in [6, 6.07) is 0.833. The Kier molecular flexibility index (Phi) is 1.71. The van der Waals surface area contributed by atoms with Gasteiger partial charge in [-0.1, -0.05) is 0 Å². The fourth-order valence-corrected chi connectivity index (χ4v) is 0.118. The van der Waals surface area contributed by atoms with Crippen molar-refractivity contribution in [2.24, 2.45) is 0 Å². The highest BCUT2D eigenvalue weighted by molar-refractivity contribution is 5.85. The molecular weight excluding hydrogens is 85.5 g/mol. The van der Waals surface area contributed by atoms with E-state index in [1.807, 2.05) is 0 Å². The van der Waals surface area contributed by atoms with Crippen molar-refractivity contribution in [2.45, 2.75) is 13.0 Å². The Labute approximate surface area is 38.2 Å². The van der Waals surface area contributed by atoms with Crippen LogP contribution >= 0.6 is 12.4 Å². The first-order valence-electron chi connectivity index (χ1n) is 1.63. The van der Waals surface area contributed by atoms with E-state index in [1.54, 1.807) is 0 Å². The highest BCUT2D eigenvalue weighted by Gasteiger charge is 2.10. The molecule has 0 spiro atoms. The van der Waals surface area contributed by atoms with Crippen molar-refractivity contribution in [3.05, 3.63) is 0 Å². The normalized spacial score (nSPS) is 31.8. The van der Waals surface area contributed by atoms with E-state index in [-0.39, 0.29) is 12.4 Å². The van der Waals surface area contributed by atoms with E-state index in [0.717, 1.165) is 6.04 Å². The Hall–Kier alpha value is 0.250. The van der Waals surface area contributed by atoms with E-state index in [0.29, 0.717) is 0 Å². The van der Waals surface area contributed by atoms with Crippen molar-refractivity contribution in [1.29, 1.82) is 0 Å². The molecule has 0 aromatic carbocycles. The van der Waals surface area contributed by atoms with Gasteiger partial charge in [0, 0.05) is 12.6 Å². The maximum atomic E-state index is 3.10. The second-order valence-corrected chi connectivity index (χ2v) is 1.31. The molecule has 0 bridgehead atoms. The average Bonchev–Trinajstić information content (AvgIpc) is 1.75. The topological polar surface area (TPSA) is 21.9 Å². The van der Waals surface area contributed by atoms with Gasteiger partial charge in [0.1, 0.15) is 0 Å². The molecule has 1 N–H and O–H groups in total. The standard InChI is InChI=1S/C3H7N.ClH/c1-3-2-4-3;/h3-4H,2H2,1H3;1H/t3-;/m1./s1. The molecule has 0 unspecified atom stereocenters. The van der Waals surface area contributed by atoms with E-state index in [2.05, 4.69) is 12.2 Å². The van der Waals surface area contributed by atoms with Crippen LogP contribution in [0.5, 0.6) is 0 Å². The number of rotatable bonds is 0. The van der Waals surface area contributed by atoms with Crippen LogP contribution in [0.4, 0.5) is 0 Å². The van der Waals surface area contributed by atoms with E-state index in [1.165, 1.54) is 6.54 Å². The molecule has 5 heavy (non-hydrogen) atoms. The molecule has 1 aliphatic heterocycles. The zero-order valence-corrected chi connectivity index (χ0v) is 4.01. The minimum Gasteiger partial charge on any atom is -0.311 e. The van der Waals surface area contributed by atoms with E-state index < -0.39 is 0 Å². The van der Waals surface area contributed by atoms with Crippen molar-refractivity contribution in [3.63, 3.8) is 0 Å². The molecule has 0 aliphatic carbocycles. The van der Waals surface area contributed by atoms with Crippen LogP contribution in [0.15, 0.2) is 0 Å². The lowest BCUT2D eigenvalue weighted by Gasteiger charge is -1.53. The first-order chi connectivity index (χ1) is 1.89. The van der Waals surface area contributed by atoms with Crippen molar-refractivity contribution >= 4 is 12.4 Å². The Morgan fingerprint density at radius 2 is 2.00 bits per heavy atom. The number of hydrogen-bond donors (Lipinski definition) is 1. The zero-order chi connectivity index (χ0) is 2.99. The zero-order valence-electron chi connectivity index (χ0n) is 3.19. The first-order valence-corrected chi connectivity index (χ1v) is 1.63. The lowest BCUT2D eigenvalue weighted by molar-refractivity contribution is 1.09. The van der Waals surface area contributed by atoms with E-state index >= 15 is 0 Å². The molecular formula is C3H8ClN. The predicted molar refractivity (Wildman–Crippen MR) is 24.7 cm³/mol. The lowest BCUT2D eigenvalue weighted by Crippen LogP contribution is -1.72. The van der Waals surface area contributed by atoms with Crippen LogP contribution in [0.1, 0.15) is 6.92 Å². The van der Waals surface area contributed by atoms with E-state index in [9.17, 15) is 0 Å². The van der Waals surface area contributed by atoms with Crippen molar-refractivity contribution in [3.8, 4) is 0 Å². The minimum atomic E-state index is 0. The average molecular weight is 93.6 g/mol. The van der Waals surface area contributed by atoms with Gasteiger partial charge in [-0.2, -0.15) is 0 Å². The summed E-state index contributed by atoms with van der Waals surface area (Å²) < 4.78 is 0. The SMILES string of the molecule is C[C@@H]1CN1.Cl. The van der Waals surface area contributed by atoms with Gasteiger partial charge in [-0.3, -0.25) is 0 Å². The summed E-state index contributed by atoms with van der Waals surface area (Å²) >= 11 is 0. The van der Waals surface area contributed by atoms with Crippen molar-refractivity contribution in [2.75, 3.05) is 6.54 Å². The molecule has 0 saturated carbocycles. The van der Waals surface area contributed by atoms with Gasteiger partial charge in [0.05, 0.1) is 0 Å². The highest BCUT2D eigenvalue weighted by atomic mass is 35.5. The molecule has 1 heterocycles. The molecule has 1 saturated heterocycles. The summed E-state index contributed by atoms with van der Waals surface area (Å²) in [5.41, 5.74) is 0. The van der Waals surface area contributed by atoms with Gasteiger partial charge in [-0.25, -0.2) is 0 Å². The molecule has 1 rings (SSSR count). The van der Waals surface area contributed by atoms with Crippen LogP contribution in [-0.2, 0) is 0 Å². The molecule has 1 aliphatic rings. The van der Waals surface area contributed by atoms with Crippen LogP contribution in [0.3, 0.4) is 0 Å². The fraction of sp³-hybridized carbons (Fsp3) is 1.00. The van der Waals surface area contributed by atoms with Gasteiger partial charge in [0.15, 0.2) is 0 Å². The molecule has 2 heteroatoms. The monoisotopic (exact) mass is 93.0 g/mol. The third-order valence-electron chi connectivity index (χ3n) is 0.612. The second kappa shape index (κ2) is 1.63. The van der Waals surface area contributed by atoms with Gasteiger partial charge >= 0.3 is 0 Å². The second-order valence-electron chi connectivity index (χ2n) is 1.31. The molecule has 0 aromatic rings. The Morgan fingerprint density at radius 1 is 1.80 bits per heavy atom. The molecule has 1 nitrogen and oxygen atoms in total.